The Morgan fingerprint density at radius 3 is 2.44 bits per heavy atom. The summed E-state index contributed by atoms with van der Waals surface area (Å²) in [5, 5.41) is 2.69. The van der Waals surface area contributed by atoms with Crippen LogP contribution in [0.1, 0.15) is 25.8 Å². The van der Waals surface area contributed by atoms with E-state index in [0.29, 0.717) is 12.3 Å². The molecule has 1 unspecified atom stereocenters. The molecule has 0 aliphatic carbocycles. The number of halogens is 1. The van der Waals surface area contributed by atoms with Gasteiger partial charge in [0.25, 0.3) is 5.91 Å². The molecule has 0 saturated heterocycles. The SMILES string of the molecule is CCC1(c2ccc(F)cc2)N=C(C)NC1=O. The largest absolute Gasteiger partial charge is 0.312 e. The molecular formula is C12H13FN2O. The summed E-state index contributed by atoms with van der Waals surface area (Å²) in [5.41, 5.74) is -0.150. The maximum absolute atomic E-state index is 12.8. The van der Waals surface area contributed by atoms with Gasteiger partial charge in [-0.25, -0.2) is 4.39 Å². The lowest BCUT2D eigenvalue weighted by atomic mass is 9.88. The Kier molecular flexibility index (Phi) is 2.50. The van der Waals surface area contributed by atoms with E-state index in [1.165, 1.54) is 12.1 Å². The highest BCUT2D eigenvalue weighted by atomic mass is 19.1. The van der Waals surface area contributed by atoms with Gasteiger partial charge in [0.1, 0.15) is 11.7 Å². The van der Waals surface area contributed by atoms with Crippen LogP contribution in [0.25, 0.3) is 0 Å². The summed E-state index contributed by atoms with van der Waals surface area (Å²) < 4.78 is 12.8. The molecule has 0 spiro atoms. The van der Waals surface area contributed by atoms with Gasteiger partial charge in [-0.1, -0.05) is 19.1 Å². The Bertz CT molecular complexity index is 453. The maximum atomic E-state index is 12.8. The third kappa shape index (κ3) is 1.50. The van der Waals surface area contributed by atoms with E-state index in [-0.39, 0.29) is 11.7 Å². The van der Waals surface area contributed by atoms with Crippen LogP contribution in [0, 0.1) is 5.82 Å². The van der Waals surface area contributed by atoms with Crippen LogP contribution < -0.4 is 5.32 Å². The zero-order chi connectivity index (χ0) is 11.8. The molecular weight excluding hydrogens is 207 g/mol. The third-order valence-electron chi connectivity index (χ3n) is 2.86. The number of hydrogen-bond acceptors (Lipinski definition) is 2. The monoisotopic (exact) mass is 220 g/mol. The fourth-order valence-electron chi connectivity index (χ4n) is 2.00. The number of aliphatic imine (C=N–C) groups is 1. The molecule has 1 aliphatic heterocycles. The van der Waals surface area contributed by atoms with Gasteiger partial charge in [0, 0.05) is 0 Å². The number of hydrogen-bond donors (Lipinski definition) is 1. The lowest BCUT2D eigenvalue weighted by molar-refractivity contribution is -0.124. The van der Waals surface area contributed by atoms with Crippen molar-refractivity contribution in [1.82, 2.24) is 5.32 Å². The Hall–Kier alpha value is -1.71. The van der Waals surface area contributed by atoms with Gasteiger partial charge in [-0.3, -0.25) is 9.79 Å². The minimum absolute atomic E-state index is 0.140. The van der Waals surface area contributed by atoms with Crippen LogP contribution in [0.15, 0.2) is 29.3 Å². The Morgan fingerprint density at radius 1 is 1.38 bits per heavy atom. The third-order valence-corrected chi connectivity index (χ3v) is 2.86. The molecule has 1 atom stereocenters. The molecule has 2 rings (SSSR count). The van der Waals surface area contributed by atoms with E-state index >= 15 is 0 Å². The summed E-state index contributed by atoms with van der Waals surface area (Å²) in [7, 11) is 0. The van der Waals surface area contributed by atoms with E-state index in [1.807, 2.05) is 6.92 Å². The number of carbonyl (C=O) groups is 1. The molecule has 0 bridgehead atoms. The Balaban J connectivity index is 2.50. The molecule has 0 fully saturated rings. The highest BCUT2D eigenvalue weighted by Gasteiger charge is 2.42. The van der Waals surface area contributed by atoms with Crippen LogP contribution in [-0.4, -0.2) is 11.7 Å². The van der Waals surface area contributed by atoms with E-state index in [9.17, 15) is 9.18 Å². The average molecular weight is 220 g/mol. The van der Waals surface area contributed by atoms with Gasteiger partial charge in [0.15, 0.2) is 5.54 Å². The normalized spacial score (nSPS) is 24.2. The summed E-state index contributed by atoms with van der Waals surface area (Å²) in [5.74, 6) is 0.157. The van der Waals surface area contributed by atoms with Crippen molar-refractivity contribution in [1.29, 1.82) is 0 Å². The second kappa shape index (κ2) is 3.70. The predicted octanol–water partition coefficient (Wildman–Crippen LogP) is 1.98. The molecule has 16 heavy (non-hydrogen) atoms. The molecule has 1 aliphatic rings. The molecule has 1 amide bonds. The number of amides is 1. The first kappa shape index (κ1) is 10.8. The highest BCUT2D eigenvalue weighted by Crippen LogP contribution is 2.33. The van der Waals surface area contributed by atoms with Gasteiger partial charge >= 0.3 is 0 Å². The van der Waals surface area contributed by atoms with Crippen molar-refractivity contribution in [2.24, 2.45) is 4.99 Å². The van der Waals surface area contributed by atoms with E-state index in [0.717, 1.165) is 5.56 Å². The zero-order valence-electron chi connectivity index (χ0n) is 9.25. The molecule has 1 aromatic rings. The standard InChI is InChI=1S/C12H13FN2O/c1-3-12(11(16)14-8(2)15-12)9-4-6-10(13)7-5-9/h4-7H,3H2,1-2H3,(H,14,15,16). The Morgan fingerprint density at radius 2 is 2.00 bits per heavy atom. The Labute approximate surface area is 93.4 Å². The first-order chi connectivity index (χ1) is 7.58. The summed E-state index contributed by atoms with van der Waals surface area (Å²) in [6.45, 7) is 3.64. The van der Waals surface area contributed by atoms with Gasteiger partial charge in [0.2, 0.25) is 0 Å². The minimum atomic E-state index is -0.877. The minimum Gasteiger partial charge on any atom is -0.312 e. The molecule has 4 heteroatoms. The quantitative estimate of drug-likeness (QED) is 0.813. The van der Waals surface area contributed by atoms with Gasteiger partial charge in [-0.05, 0) is 31.0 Å². The smallest absolute Gasteiger partial charge is 0.257 e. The van der Waals surface area contributed by atoms with E-state index < -0.39 is 5.54 Å². The molecule has 0 radical (unpaired) electrons. The number of nitrogens with zero attached hydrogens (tertiary/aromatic N) is 1. The molecule has 84 valence electrons. The van der Waals surface area contributed by atoms with Gasteiger partial charge in [-0.15, -0.1) is 0 Å². The van der Waals surface area contributed by atoms with E-state index in [4.69, 9.17) is 0 Å². The van der Waals surface area contributed by atoms with Gasteiger partial charge in [0.05, 0.1) is 0 Å². The van der Waals surface area contributed by atoms with Crippen LogP contribution >= 0.6 is 0 Å². The van der Waals surface area contributed by atoms with Crippen molar-refractivity contribution in [2.75, 3.05) is 0 Å². The van der Waals surface area contributed by atoms with Crippen LogP contribution in [0.2, 0.25) is 0 Å². The number of rotatable bonds is 2. The molecule has 3 nitrogen and oxygen atoms in total. The molecule has 0 aromatic heterocycles. The number of nitrogens with one attached hydrogen (secondary N) is 1. The van der Waals surface area contributed by atoms with E-state index in [1.54, 1.807) is 19.1 Å². The van der Waals surface area contributed by atoms with Crippen LogP contribution in [0.3, 0.4) is 0 Å². The topological polar surface area (TPSA) is 41.5 Å². The molecule has 0 saturated carbocycles. The first-order valence-corrected chi connectivity index (χ1v) is 5.22. The van der Waals surface area contributed by atoms with Crippen molar-refractivity contribution < 1.29 is 9.18 Å². The second-order valence-corrected chi connectivity index (χ2v) is 3.87. The van der Waals surface area contributed by atoms with Gasteiger partial charge in [-0.2, -0.15) is 0 Å². The highest BCUT2D eigenvalue weighted by molar-refractivity contribution is 6.07. The predicted molar refractivity (Wildman–Crippen MR) is 59.6 cm³/mol. The fraction of sp³-hybridized carbons (Fsp3) is 0.333. The summed E-state index contributed by atoms with van der Waals surface area (Å²) in [6, 6.07) is 5.92. The number of benzene rings is 1. The van der Waals surface area contributed by atoms with Gasteiger partial charge < -0.3 is 5.32 Å². The van der Waals surface area contributed by atoms with Crippen molar-refractivity contribution in [2.45, 2.75) is 25.8 Å². The number of amidine groups is 1. The lowest BCUT2D eigenvalue weighted by Crippen LogP contribution is -2.36. The average Bonchev–Trinajstić information content (AvgIpc) is 2.55. The fourth-order valence-corrected chi connectivity index (χ4v) is 2.00. The van der Waals surface area contributed by atoms with Crippen molar-refractivity contribution in [3.63, 3.8) is 0 Å². The van der Waals surface area contributed by atoms with Crippen LogP contribution in [0.4, 0.5) is 4.39 Å². The molecule has 1 N–H and O–H groups in total. The van der Waals surface area contributed by atoms with Crippen molar-refractivity contribution >= 4 is 11.7 Å². The maximum Gasteiger partial charge on any atom is 0.257 e. The molecule has 1 heterocycles. The zero-order valence-corrected chi connectivity index (χ0v) is 9.25. The number of carbonyl (C=O) groups excluding carboxylic acids is 1. The second-order valence-electron chi connectivity index (χ2n) is 3.87. The summed E-state index contributed by atoms with van der Waals surface area (Å²) in [4.78, 5) is 16.3. The van der Waals surface area contributed by atoms with Crippen molar-refractivity contribution in [3.8, 4) is 0 Å². The molecule has 1 aromatic carbocycles. The first-order valence-electron chi connectivity index (χ1n) is 5.22. The van der Waals surface area contributed by atoms with Crippen LogP contribution in [-0.2, 0) is 10.3 Å². The summed E-state index contributed by atoms with van der Waals surface area (Å²) >= 11 is 0. The van der Waals surface area contributed by atoms with E-state index in [2.05, 4.69) is 10.3 Å². The summed E-state index contributed by atoms with van der Waals surface area (Å²) in [6.07, 6.45) is 0.557. The van der Waals surface area contributed by atoms with Crippen LogP contribution in [0.5, 0.6) is 0 Å². The van der Waals surface area contributed by atoms with Crippen molar-refractivity contribution in [3.05, 3.63) is 35.6 Å². The lowest BCUT2D eigenvalue weighted by Gasteiger charge is -2.21.